The predicted octanol–water partition coefficient (Wildman–Crippen LogP) is 1.08. The summed E-state index contributed by atoms with van der Waals surface area (Å²) < 4.78 is -0.622. The summed E-state index contributed by atoms with van der Waals surface area (Å²) in [6, 6.07) is 0. The van der Waals surface area contributed by atoms with Gasteiger partial charge in [-0.05, 0) is 28.2 Å². The van der Waals surface area contributed by atoms with Crippen LogP contribution in [0.3, 0.4) is 0 Å². The van der Waals surface area contributed by atoms with Gasteiger partial charge in [0, 0.05) is 40.8 Å². The molecule has 1 fully saturated rings. The van der Waals surface area contributed by atoms with Crippen LogP contribution in [-0.4, -0.2) is 95.2 Å². The van der Waals surface area contributed by atoms with E-state index in [4.69, 9.17) is 0 Å². The molecule has 0 aromatic heterocycles. The van der Waals surface area contributed by atoms with Crippen molar-refractivity contribution in [2.24, 2.45) is 0 Å². The Morgan fingerprint density at radius 2 is 1.00 bits per heavy atom. The van der Waals surface area contributed by atoms with Crippen LogP contribution in [-0.2, 0) is 9.59 Å². The summed E-state index contributed by atoms with van der Waals surface area (Å²) in [6.07, 6.45) is 1.05. The highest BCUT2D eigenvalue weighted by molar-refractivity contribution is 14.1. The molecule has 0 bridgehead atoms. The summed E-state index contributed by atoms with van der Waals surface area (Å²) in [7, 11) is 15.9. The number of hydrogen-bond acceptors (Lipinski definition) is 2. The van der Waals surface area contributed by atoms with Gasteiger partial charge in [0.05, 0.1) is 0 Å². The maximum atomic E-state index is 12.3. The van der Waals surface area contributed by atoms with Crippen LogP contribution in [0.1, 0.15) is 0 Å². The molecule has 0 unspecified atom stereocenters. The van der Waals surface area contributed by atoms with E-state index < -0.39 is 8.54 Å². The lowest BCUT2D eigenvalue weighted by atomic mass is 9.34. The molecule has 0 aromatic carbocycles. The van der Waals surface area contributed by atoms with Gasteiger partial charge >= 0.3 is 8.54 Å². The summed E-state index contributed by atoms with van der Waals surface area (Å²) >= 11 is 4.99. The van der Waals surface area contributed by atoms with E-state index in [0.717, 1.165) is 8.61 Å². The van der Waals surface area contributed by atoms with Gasteiger partial charge in [0.2, 0.25) is 11.8 Å². The fourth-order valence-corrected chi connectivity index (χ4v) is 8.03. The number of amides is 2. The molecule has 10 heteroatoms. The second-order valence-corrected chi connectivity index (χ2v) is 11.9. The van der Waals surface area contributed by atoms with Crippen LogP contribution in [0, 0.1) is 0 Å². The van der Waals surface area contributed by atoms with Gasteiger partial charge in [-0.3, -0.25) is 9.59 Å². The number of nitrogens with zero attached hydrogens (tertiary/aromatic N) is 4. The molecule has 0 aromatic rings. The number of halogens is 2. The summed E-state index contributed by atoms with van der Waals surface area (Å²) in [5.74, 6) is 0.306. The summed E-state index contributed by atoms with van der Waals surface area (Å²) in [5.41, 5.74) is 0. The molecule has 2 amide bonds. The van der Waals surface area contributed by atoms with Crippen molar-refractivity contribution in [2.75, 3.05) is 56.4 Å². The van der Waals surface area contributed by atoms with Crippen LogP contribution in [0.25, 0.3) is 0 Å². The first-order valence-electron chi connectivity index (χ1n) is 7.43. The molecule has 0 saturated carbocycles. The number of quaternary nitrogens is 2. The van der Waals surface area contributed by atoms with E-state index in [1.807, 2.05) is 0 Å². The Bertz CT molecular complexity index is 442. The number of carbonyl (C=O) groups excluding carboxylic acids is 2. The Labute approximate surface area is 161 Å². The fourth-order valence-electron chi connectivity index (χ4n) is 3.91. The van der Waals surface area contributed by atoms with E-state index in [1.54, 1.807) is 38.0 Å². The van der Waals surface area contributed by atoms with Crippen molar-refractivity contribution in [3.8, 4) is 0 Å². The minimum absolute atomic E-state index is 0.153. The third-order valence-electron chi connectivity index (χ3n) is 5.95. The van der Waals surface area contributed by atoms with Gasteiger partial charge in [0.15, 0.2) is 0 Å². The highest BCUT2D eigenvalue weighted by Crippen LogP contribution is 2.58. The Kier molecular flexibility index (Phi) is 5.65. The number of carbonyl (C=O) groups is 2. The number of rotatable bonds is 4. The van der Waals surface area contributed by atoms with Crippen LogP contribution >= 0.6 is 44.7 Å². The normalized spacial score (nSPS) is 32.1. The highest BCUT2D eigenvalue weighted by atomic mass is 127. The monoisotopic (exact) mass is 536 g/mol. The first kappa shape index (κ1) is 20.5. The van der Waals surface area contributed by atoms with Crippen molar-refractivity contribution in [3.63, 3.8) is 0 Å². The molecule has 0 spiro atoms. The average molecular weight is 536 g/mol. The van der Waals surface area contributed by atoms with Gasteiger partial charge in [0.1, 0.15) is 0 Å². The molecular formula is C12H28B2I2N4O2. The Morgan fingerprint density at radius 1 is 0.773 bits per heavy atom. The Hall–Kier alpha value is 0.450. The molecule has 0 atom stereocenters. The third kappa shape index (κ3) is 2.61. The second kappa shape index (κ2) is 6.07. The lowest BCUT2D eigenvalue weighted by molar-refractivity contribution is -0.917. The first-order chi connectivity index (χ1) is 9.65. The van der Waals surface area contributed by atoms with E-state index in [1.165, 1.54) is 0 Å². The number of hydrogen-bond donors (Lipinski definition) is 0. The Morgan fingerprint density at radius 3 is 1.18 bits per heavy atom. The molecule has 0 radical (unpaired) electrons. The van der Waals surface area contributed by atoms with E-state index in [9.17, 15) is 9.59 Å². The molecule has 1 aliphatic rings. The maximum Gasteiger partial charge on any atom is 0.397 e. The topological polar surface area (TPSA) is 40.6 Å². The molecule has 1 rings (SSSR count). The van der Waals surface area contributed by atoms with Crippen LogP contribution in [0.15, 0.2) is 0 Å². The van der Waals surface area contributed by atoms with Crippen LogP contribution in [0.4, 0.5) is 0 Å². The van der Waals surface area contributed by atoms with Crippen molar-refractivity contribution < 1.29 is 18.2 Å². The van der Waals surface area contributed by atoms with Crippen molar-refractivity contribution >= 4 is 65.1 Å². The molecule has 6 nitrogen and oxygen atoms in total. The van der Waals surface area contributed by atoms with Crippen molar-refractivity contribution in [1.29, 1.82) is 0 Å². The van der Waals surface area contributed by atoms with Crippen molar-refractivity contribution in [2.45, 2.75) is 12.6 Å². The van der Waals surface area contributed by atoms with Gasteiger partial charge in [-0.1, -0.05) is 0 Å². The Balaban J connectivity index is 3.18. The standard InChI is InChI=1S/C12H28B2I2N4O2/c1-17(2)11(21)9-13(15)19(5,6)14(16,20(13,7)8)10-12(22)18(3)4/h9-10H2,1-8H3. The summed E-state index contributed by atoms with van der Waals surface area (Å²) in [4.78, 5) is 27.9. The van der Waals surface area contributed by atoms with Gasteiger partial charge in [0.25, 0.3) is 0 Å². The SMILES string of the molecule is CN(C)C(=O)C[B-]1(I)[N+](C)(C)[B-](I)(CC(=O)N(C)C)[N+]1(C)C. The lowest BCUT2D eigenvalue weighted by Gasteiger charge is -2.89. The van der Waals surface area contributed by atoms with Crippen molar-refractivity contribution in [3.05, 3.63) is 0 Å². The average Bonchev–Trinajstić information content (AvgIpc) is 2.36. The molecule has 1 saturated heterocycles. The summed E-state index contributed by atoms with van der Waals surface area (Å²) in [5, 5.41) is 0. The third-order valence-corrected chi connectivity index (χ3v) is 12.6. The molecule has 128 valence electrons. The zero-order chi connectivity index (χ0) is 17.7. The highest BCUT2D eigenvalue weighted by Gasteiger charge is 2.74. The van der Waals surface area contributed by atoms with Gasteiger partial charge in [-0.15, -0.1) is 0 Å². The van der Waals surface area contributed by atoms with Gasteiger partial charge in [-0.25, -0.2) is 0 Å². The van der Waals surface area contributed by atoms with E-state index >= 15 is 0 Å². The molecule has 0 N–H and O–H groups in total. The summed E-state index contributed by atoms with van der Waals surface area (Å²) in [6.45, 7) is 0. The molecular weight excluding hydrogens is 508 g/mol. The van der Waals surface area contributed by atoms with E-state index in [2.05, 4.69) is 72.9 Å². The molecule has 22 heavy (non-hydrogen) atoms. The van der Waals surface area contributed by atoms with E-state index in [-0.39, 0.29) is 11.8 Å². The zero-order valence-corrected chi connectivity index (χ0v) is 19.2. The predicted molar refractivity (Wildman–Crippen MR) is 111 cm³/mol. The molecule has 1 aliphatic heterocycles. The van der Waals surface area contributed by atoms with Crippen molar-refractivity contribution in [1.82, 2.24) is 9.80 Å². The van der Waals surface area contributed by atoms with Gasteiger partial charge < -0.3 is 18.4 Å². The smallest absolute Gasteiger partial charge is 0.397 e. The lowest BCUT2D eigenvalue weighted by Crippen LogP contribution is -3.02. The minimum atomic E-state index is -1.05. The van der Waals surface area contributed by atoms with E-state index in [0.29, 0.717) is 12.6 Å². The van der Waals surface area contributed by atoms with Crippen LogP contribution < -0.4 is 0 Å². The largest absolute Gasteiger partial charge is 0.601 e. The zero-order valence-electron chi connectivity index (χ0n) is 14.9. The van der Waals surface area contributed by atoms with Gasteiger partial charge in [-0.2, -0.15) is 44.7 Å². The minimum Gasteiger partial charge on any atom is -0.601 e. The second-order valence-electron chi connectivity index (χ2n) is 7.90. The molecule has 1 heterocycles. The fraction of sp³-hybridized carbons (Fsp3) is 0.833. The first-order valence-corrected chi connectivity index (χ1v) is 9.92. The van der Waals surface area contributed by atoms with Crippen LogP contribution in [0.5, 0.6) is 0 Å². The maximum absolute atomic E-state index is 12.3. The van der Waals surface area contributed by atoms with Crippen LogP contribution in [0.2, 0.25) is 12.6 Å². The quantitative estimate of drug-likeness (QED) is 0.399. The molecule has 0 aliphatic carbocycles.